The Morgan fingerprint density at radius 3 is 2.38 bits per heavy atom. The van der Waals surface area contributed by atoms with Crippen LogP contribution in [0.3, 0.4) is 0 Å². The van der Waals surface area contributed by atoms with E-state index in [0.29, 0.717) is 0 Å². The molecule has 0 aliphatic rings. The molecule has 2 aromatic carbocycles. The zero-order valence-electron chi connectivity index (χ0n) is 9.39. The second kappa shape index (κ2) is 5.36. The Morgan fingerprint density at radius 2 is 1.62 bits per heavy atom. The van der Waals surface area contributed by atoms with E-state index in [1.807, 2.05) is 48.5 Å². The van der Waals surface area contributed by atoms with Gasteiger partial charge in [0.2, 0.25) is 0 Å². The third kappa shape index (κ3) is 2.63. The van der Waals surface area contributed by atoms with Gasteiger partial charge in [-0.25, -0.2) is 0 Å². The van der Waals surface area contributed by atoms with Crippen molar-refractivity contribution < 1.29 is 4.74 Å². The van der Waals surface area contributed by atoms with Gasteiger partial charge in [0, 0.05) is 0 Å². The molecule has 2 rings (SSSR count). The summed E-state index contributed by atoms with van der Waals surface area (Å²) in [5, 5.41) is 0. The molecule has 0 aliphatic heterocycles. The van der Waals surface area contributed by atoms with E-state index < -0.39 is 0 Å². The van der Waals surface area contributed by atoms with Crippen molar-refractivity contribution in [2.24, 2.45) is 0 Å². The Labute approximate surface area is 96.7 Å². The maximum Gasteiger partial charge on any atom is 0.130 e. The van der Waals surface area contributed by atoms with Gasteiger partial charge in [-0.3, -0.25) is 0 Å². The minimum atomic E-state index is 0.874. The molecule has 0 N–H and O–H groups in total. The van der Waals surface area contributed by atoms with Crippen LogP contribution in [0.5, 0.6) is 11.5 Å². The number of benzene rings is 2. The summed E-state index contributed by atoms with van der Waals surface area (Å²) < 4.78 is 5.83. The lowest BCUT2D eigenvalue weighted by atomic mass is 10.1. The third-order valence-electron chi connectivity index (χ3n) is 2.31. The first kappa shape index (κ1) is 10.7. The molecule has 0 saturated carbocycles. The highest BCUT2D eigenvalue weighted by Crippen LogP contribution is 2.26. The molecule has 81 valence electrons. The number of hydrogen-bond donors (Lipinski definition) is 0. The Hall–Kier alpha value is -1.76. The Bertz CT molecular complexity index is 434. The molecule has 1 nitrogen and oxygen atoms in total. The summed E-state index contributed by atoms with van der Waals surface area (Å²) in [6.07, 6.45) is 3.17. The predicted molar refractivity (Wildman–Crippen MR) is 66.7 cm³/mol. The van der Waals surface area contributed by atoms with E-state index in [9.17, 15) is 0 Å². The topological polar surface area (TPSA) is 9.23 Å². The highest BCUT2D eigenvalue weighted by Gasteiger charge is 2.02. The van der Waals surface area contributed by atoms with Crippen LogP contribution in [0.25, 0.3) is 0 Å². The first-order chi connectivity index (χ1) is 7.90. The molecule has 0 amide bonds. The maximum absolute atomic E-state index is 5.83. The smallest absolute Gasteiger partial charge is 0.130 e. The molecule has 16 heavy (non-hydrogen) atoms. The number of rotatable bonds is 4. The molecule has 0 fully saturated rings. The van der Waals surface area contributed by atoms with Gasteiger partial charge in [-0.2, -0.15) is 0 Å². The van der Waals surface area contributed by atoms with Crippen LogP contribution in [0.15, 0.2) is 54.6 Å². The second-order valence-corrected chi connectivity index (χ2v) is 3.57. The number of ether oxygens (including phenoxy) is 1. The van der Waals surface area contributed by atoms with E-state index in [1.54, 1.807) is 0 Å². The molecule has 0 aromatic heterocycles. The molecule has 0 spiro atoms. The van der Waals surface area contributed by atoms with Crippen molar-refractivity contribution in [3.05, 3.63) is 66.6 Å². The first-order valence-electron chi connectivity index (χ1n) is 5.55. The number of para-hydroxylation sites is 2. The molecule has 1 heteroatoms. The van der Waals surface area contributed by atoms with E-state index >= 15 is 0 Å². The normalized spacial score (nSPS) is 10.1. The van der Waals surface area contributed by atoms with Crippen molar-refractivity contribution in [2.75, 3.05) is 0 Å². The van der Waals surface area contributed by atoms with Gasteiger partial charge in [0.15, 0.2) is 0 Å². The Morgan fingerprint density at radius 1 is 0.938 bits per heavy atom. The molecule has 1 radical (unpaired) electrons. The average Bonchev–Trinajstić information content (AvgIpc) is 2.33. The molecule has 0 bridgehead atoms. The zero-order chi connectivity index (χ0) is 11.2. The lowest BCUT2D eigenvalue weighted by molar-refractivity contribution is 0.479. The highest BCUT2D eigenvalue weighted by molar-refractivity contribution is 5.41. The van der Waals surface area contributed by atoms with Crippen molar-refractivity contribution in [3.63, 3.8) is 0 Å². The van der Waals surface area contributed by atoms with Crippen LogP contribution in [0.1, 0.15) is 18.9 Å². The van der Waals surface area contributed by atoms with Gasteiger partial charge in [0.25, 0.3) is 0 Å². The fraction of sp³-hybridized carbons (Fsp3) is 0.133. The van der Waals surface area contributed by atoms with Gasteiger partial charge in [0.05, 0.1) is 0 Å². The molecule has 0 heterocycles. The third-order valence-corrected chi connectivity index (χ3v) is 2.31. The van der Waals surface area contributed by atoms with Crippen molar-refractivity contribution >= 4 is 0 Å². The summed E-state index contributed by atoms with van der Waals surface area (Å²) in [7, 11) is 0. The quantitative estimate of drug-likeness (QED) is 0.726. The summed E-state index contributed by atoms with van der Waals surface area (Å²) in [6, 6.07) is 17.9. The van der Waals surface area contributed by atoms with Gasteiger partial charge < -0.3 is 4.74 Å². The van der Waals surface area contributed by atoms with Crippen LogP contribution >= 0.6 is 0 Å². The van der Waals surface area contributed by atoms with E-state index in [-0.39, 0.29) is 0 Å². The summed E-state index contributed by atoms with van der Waals surface area (Å²) in [6.45, 7) is 2.12. The lowest BCUT2D eigenvalue weighted by Gasteiger charge is -2.09. The number of hydrogen-bond acceptors (Lipinski definition) is 1. The van der Waals surface area contributed by atoms with Gasteiger partial charge in [-0.05, 0) is 36.6 Å². The van der Waals surface area contributed by atoms with Gasteiger partial charge in [-0.1, -0.05) is 43.3 Å². The molecule has 0 unspecified atom stereocenters. The lowest BCUT2D eigenvalue weighted by Crippen LogP contribution is -1.89. The minimum absolute atomic E-state index is 0.874. The average molecular weight is 211 g/mol. The molecule has 0 atom stereocenters. The highest BCUT2D eigenvalue weighted by atomic mass is 16.5. The predicted octanol–water partition coefficient (Wildman–Crippen LogP) is 4.44. The fourth-order valence-electron chi connectivity index (χ4n) is 1.58. The zero-order valence-corrected chi connectivity index (χ0v) is 9.39. The summed E-state index contributed by atoms with van der Waals surface area (Å²) in [5.41, 5.74) is 1.15. The Kier molecular flexibility index (Phi) is 3.60. The van der Waals surface area contributed by atoms with Crippen molar-refractivity contribution in [1.82, 2.24) is 0 Å². The standard InChI is InChI=1S/C15H15O/c1-2-8-13-9-6-7-12-15(13)16-14-10-4-3-5-11-14/h3-12H,2H2,1H3. The fourth-order valence-corrected chi connectivity index (χ4v) is 1.58. The molecule has 0 saturated heterocycles. The van der Waals surface area contributed by atoms with Gasteiger partial charge in [-0.15, -0.1) is 0 Å². The second-order valence-electron chi connectivity index (χ2n) is 3.57. The molecular formula is C15H15O. The molecule has 0 aliphatic carbocycles. The van der Waals surface area contributed by atoms with Crippen LogP contribution < -0.4 is 4.74 Å². The van der Waals surface area contributed by atoms with E-state index in [2.05, 4.69) is 19.4 Å². The summed E-state index contributed by atoms with van der Waals surface area (Å²) in [5.74, 6) is 1.79. The maximum atomic E-state index is 5.83. The van der Waals surface area contributed by atoms with Crippen molar-refractivity contribution in [2.45, 2.75) is 13.3 Å². The molecule has 2 aromatic rings. The minimum Gasteiger partial charge on any atom is -0.457 e. The van der Waals surface area contributed by atoms with Crippen LogP contribution in [-0.2, 0) is 0 Å². The van der Waals surface area contributed by atoms with Crippen LogP contribution in [0.2, 0.25) is 0 Å². The van der Waals surface area contributed by atoms with Crippen molar-refractivity contribution in [3.8, 4) is 11.5 Å². The van der Waals surface area contributed by atoms with Crippen LogP contribution in [-0.4, -0.2) is 0 Å². The van der Waals surface area contributed by atoms with E-state index in [1.165, 1.54) is 0 Å². The monoisotopic (exact) mass is 211 g/mol. The van der Waals surface area contributed by atoms with Crippen molar-refractivity contribution in [1.29, 1.82) is 0 Å². The van der Waals surface area contributed by atoms with Crippen LogP contribution in [0, 0.1) is 6.42 Å². The van der Waals surface area contributed by atoms with Crippen LogP contribution in [0.4, 0.5) is 0 Å². The van der Waals surface area contributed by atoms with E-state index in [0.717, 1.165) is 23.5 Å². The van der Waals surface area contributed by atoms with Gasteiger partial charge in [0.1, 0.15) is 11.5 Å². The summed E-state index contributed by atoms with van der Waals surface area (Å²) in [4.78, 5) is 0. The SMILES string of the molecule is CC[CH]c1ccccc1Oc1ccccc1. The molecular weight excluding hydrogens is 196 g/mol. The largest absolute Gasteiger partial charge is 0.457 e. The first-order valence-corrected chi connectivity index (χ1v) is 5.55. The summed E-state index contributed by atoms with van der Waals surface area (Å²) >= 11 is 0. The van der Waals surface area contributed by atoms with E-state index in [4.69, 9.17) is 4.74 Å². The van der Waals surface area contributed by atoms with Gasteiger partial charge >= 0.3 is 0 Å². The Balaban J connectivity index is 2.21.